The summed E-state index contributed by atoms with van der Waals surface area (Å²) in [4.78, 5) is 13.7. The Balaban J connectivity index is 2.05. The topological polar surface area (TPSA) is 37.3 Å². The minimum absolute atomic E-state index is 0.141. The number of carbonyl (C=O) groups is 1. The van der Waals surface area contributed by atoms with Crippen LogP contribution in [-0.2, 0) is 13.6 Å². The minimum Gasteiger partial charge on any atom is -0.353 e. The van der Waals surface area contributed by atoms with Gasteiger partial charge in [0.1, 0.15) is 0 Å². The summed E-state index contributed by atoms with van der Waals surface area (Å²) in [6.45, 7) is 6.84. The predicted octanol–water partition coefficient (Wildman–Crippen LogP) is 0.633. The summed E-state index contributed by atoms with van der Waals surface area (Å²) in [5.74, 6) is 0.141. The molecular weight excluding hydrogens is 202 g/mol. The fourth-order valence-corrected chi connectivity index (χ4v) is 2.06. The molecule has 0 amide bonds. The molecule has 0 aliphatic carbocycles. The number of carbonyl (C=O) groups excluding carboxylic acids is 1. The van der Waals surface area contributed by atoms with Crippen molar-refractivity contribution in [3.8, 4) is 0 Å². The fourth-order valence-electron chi connectivity index (χ4n) is 2.06. The van der Waals surface area contributed by atoms with Gasteiger partial charge in [0.05, 0.1) is 0 Å². The van der Waals surface area contributed by atoms with Gasteiger partial charge >= 0.3 is 0 Å². The van der Waals surface area contributed by atoms with Crippen LogP contribution >= 0.6 is 0 Å². The molecule has 0 saturated carbocycles. The molecule has 0 spiro atoms. The first-order valence-electron chi connectivity index (χ1n) is 5.76. The largest absolute Gasteiger partial charge is 0.353 e. The summed E-state index contributed by atoms with van der Waals surface area (Å²) >= 11 is 0. The lowest BCUT2D eigenvalue weighted by atomic mass is 10.2. The molecule has 0 atom stereocenters. The summed E-state index contributed by atoms with van der Waals surface area (Å²) in [5, 5.41) is 3.34. The van der Waals surface area contributed by atoms with E-state index in [1.165, 1.54) is 5.69 Å². The fraction of sp³-hybridized carbons (Fsp3) is 0.583. The van der Waals surface area contributed by atoms with Crippen molar-refractivity contribution in [3.63, 3.8) is 0 Å². The van der Waals surface area contributed by atoms with Gasteiger partial charge in [0.2, 0.25) is 0 Å². The van der Waals surface area contributed by atoms with Gasteiger partial charge in [0.15, 0.2) is 5.78 Å². The Labute approximate surface area is 96.2 Å². The third-order valence-corrected chi connectivity index (χ3v) is 3.11. The van der Waals surface area contributed by atoms with Crippen LogP contribution in [0.5, 0.6) is 0 Å². The number of rotatable bonds is 3. The first-order valence-corrected chi connectivity index (χ1v) is 5.76. The maximum atomic E-state index is 11.3. The van der Waals surface area contributed by atoms with Crippen LogP contribution in [0, 0.1) is 0 Å². The zero-order chi connectivity index (χ0) is 11.5. The molecule has 1 aliphatic heterocycles. The van der Waals surface area contributed by atoms with Crippen molar-refractivity contribution in [2.24, 2.45) is 7.05 Å². The highest BCUT2D eigenvalue weighted by molar-refractivity contribution is 5.94. The van der Waals surface area contributed by atoms with E-state index in [-0.39, 0.29) is 5.78 Å². The molecule has 2 heterocycles. The van der Waals surface area contributed by atoms with Gasteiger partial charge in [-0.2, -0.15) is 0 Å². The average molecular weight is 221 g/mol. The molecule has 0 bridgehead atoms. The maximum Gasteiger partial charge on any atom is 0.161 e. The molecule has 1 aliphatic rings. The number of hydrogen-bond acceptors (Lipinski definition) is 3. The van der Waals surface area contributed by atoms with E-state index in [4.69, 9.17) is 0 Å². The first kappa shape index (κ1) is 11.4. The molecular formula is C12H19N3O. The van der Waals surface area contributed by atoms with Gasteiger partial charge in [-0.25, -0.2) is 0 Å². The molecule has 1 N–H and O–H groups in total. The SMILES string of the molecule is CC(=O)c1cc(CN2CCNCC2)n(C)c1. The third kappa shape index (κ3) is 2.51. The second kappa shape index (κ2) is 4.80. The van der Waals surface area contributed by atoms with Crippen LogP contribution < -0.4 is 5.32 Å². The van der Waals surface area contributed by atoms with Crippen LogP contribution in [0.15, 0.2) is 12.3 Å². The molecule has 1 aromatic heterocycles. The second-order valence-electron chi connectivity index (χ2n) is 4.41. The molecule has 16 heavy (non-hydrogen) atoms. The van der Waals surface area contributed by atoms with Crippen LogP contribution in [0.25, 0.3) is 0 Å². The zero-order valence-electron chi connectivity index (χ0n) is 9.99. The summed E-state index contributed by atoms with van der Waals surface area (Å²) in [6, 6.07) is 2.00. The van der Waals surface area contributed by atoms with Gasteiger partial charge in [0, 0.05) is 57.2 Å². The van der Waals surface area contributed by atoms with Gasteiger partial charge in [0.25, 0.3) is 0 Å². The number of ketones is 1. The molecule has 0 aromatic carbocycles. The molecule has 4 heteroatoms. The normalized spacial score (nSPS) is 17.6. The lowest BCUT2D eigenvalue weighted by Crippen LogP contribution is -2.43. The second-order valence-corrected chi connectivity index (χ2v) is 4.41. The maximum absolute atomic E-state index is 11.3. The standard InChI is InChI=1S/C12H19N3O/c1-10(16)11-7-12(14(2)8-11)9-15-5-3-13-4-6-15/h7-8,13H,3-6,9H2,1-2H3. The number of nitrogens with one attached hydrogen (secondary N) is 1. The van der Waals surface area contributed by atoms with Crippen molar-refractivity contribution >= 4 is 5.78 Å². The van der Waals surface area contributed by atoms with Crippen molar-refractivity contribution in [1.29, 1.82) is 0 Å². The Bertz CT molecular complexity index is 378. The Hall–Kier alpha value is -1.13. The van der Waals surface area contributed by atoms with Crippen molar-refractivity contribution in [1.82, 2.24) is 14.8 Å². The van der Waals surface area contributed by atoms with Crippen molar-refractivity contribution in [3.05, 3.63) is 23.5 Å². The van der Waals surface area contributed by atoms with E-state index in [0.29, 0.717) is 0 Å². The molecule has 1 saturated heterocycles. The van der Waals surface area contributed by atoms with Gasteiger partial charge in [-0.3, -0.25) is 9.69 Å². The van der Waals surface area contributed by atoms with E-state index >= 15 is 0 Å². The highest BCUT2D eigenvalue weighted by Crippen LogP contribution is 2.11. The van der Waals surface area contributed by atoms with Crippen LogP contribution in [-0.4, -0.2) is 41.4 Å². The highest BCUT2D eigenvalue weighted by Gasteiger charge is 2.13. The number of aromatic nitrogens is 1. The summed E-state index contributed by atoms with van der Waals surface area (Å²) in [6.07, 6.45) is 1.92. The quantitative estimate of drug-likeness (QED) is 0.761. The Morgan fingerprint density at radius 1 is 1.44 bits per heavy atom. The van der Waals surface area contributed by atoms with Gasteiger partial charge in [-0.15, -0.1) is 0 Å². The first-order chi connectivity index (χ1) is 7.66. The smallest absolute Gasteiger partial charge is 0.161 e. The highest BCUT2D eigenvalue weighted by atomic mass is 16.1. The summed E-state index contributed by atoms with van der Waals surface area (Å²) in [5.41, 5.74) is 2.03. The summed E-state index contributed by atoms with van der Waals surface area (Å²) < 4.78 is 2.05. The Kier molecular flexibility index (Phi) is 3.41. The molecule has 0 radical (unpaired) electrons. The van der Waals surface area contributed by atoms with E-state index in [0.717, 1.165) is 38.3 Å². The molecule has 2 rings (SSSR count). The van der Waals surface area contributed by atoms with Crippen molar-refractivity contribution in [2.75, 3.05) is 26.2 Å². The number of Topliss-reactive ketones (excluding diaryl/α,β-unsaturated/α-hetero) is 1. The molecule has 88 valence electrons. The van der Waals surface area contributed by atoms with E-state index < -0.39 is 0 Å². The number of nitrogens with zero attached hydrogens (tertiary/aromatic N) is 2. The van der Waals surface area contributed by atoms with Gasteiger partial charge < -0.3 is 9.88 Å². The Morgan fingerprint density at radius 3 is 2.69 bits per heavy atom. The molecule has 1 fully saturated rings. The minimum atomic E-state index is 0.141. The zero-order valence-corrected chi connectivity index (χ0v) is 9.99. The van der Waals surface area contributed by atoms with E-state index in [1.54, 1.807) is 6.92 Å². The average Bonchev–Trinajstić information content (AvgIpc) is 2.62. The van der Waals surface area contributed by atoms with Crippen LogP contribution in [0.1, 0.15) is 23.0 Å². The summed E-state index contributed by atoms with van der Waals surface area (Å²) in [7, 11) is 2.00. The molecule has 1 aromatic rings. The van der Waals surface area contributed by atoms with Crippen molar-refractivity contribution < 1.29 is 4.79 Å². The lowest BCUT2D eigenvalue weighted by Gasteiger charge is -2.27. The lowest BCUT2D eigenvalue weighted by molar-refractivity contribution is 0.101. The molecule has 4 nitrogen and oxygen atoms in total. The van der Waals surface area contributed by atoms with E-state index in [9.17, 15) is 4.79 Å². The third-order valence-electron chi connectivity index (χ3n) is 3.11. The van der Waals surface area contributed by atoms with E-state index in [1.807, 2.05) is 19.3 Å². The number of hydrogen-bond donors (Lipinski definition) is 1. The monoisotopic (exact) mass is 221 g/mol. The van der Waals surface area contributed by atoms with Gasteiger partial charge in [-0.1, -0.05) is 0 Å². The van der Waals surface area contributed by atoms with Gasteiger partial charge in [-0.05, 0) is 13.0 Å². The van der Waals surface area contributed by atoms with Crippen LogP contribution in [0.4, 0.5) is 0 Å². The van der Waals surface area contributed by atoms with Crippen LogP contribution in [0.3, 0.4) is 0 Å². The Morgan fingerprint density at radius 2 is 2.12 bits per heavy atom. The van der Waals surface area contributed by atoms with E-state index in [2.05, 4.69) is 14.8 Å². The van der Waals surface area contributed by atoms with Crippen molar-refractivity contribution in [2.45, 2.75) is 13.5 Å². The van der Waals surface area contributed by atoms with Crippen LogP contribution in [0.2, 0.25) is 0 Å². The number of piperazine rings is 1. The number of aryl methyl sites for hydroxylation is 1. The predicted molar refractivity (Wildman–Crippen MR) is 63.6 cm³/mol. The molecule has 0 unspecified atom stereocenters.